The zero-order chi connectivity index (χ0) is 15.6. The van der Waals surface area contributed by atoms with Crippen LogP contribution in [0.1, 0.15) is 23.2 Å². The topological polar surface area (TPSA) is 67.1 Å². The largest absolute Gasteiger partial charge is 0.357 e. The van der Waals surface area contributed by atoms with E-state index in [4.69, 9.17) is 0 Å². The lowest BCUT2D eigenvalue weighted by Crippen LogP contribution is -2.38. The minimum absolute atomic E-state index is 0.796. The summed E-state index contributed by atoms with van der Waals surface area (Å²) >= 11 is 1.75. The van der Waals surface area contributed by atoms with Crippen molar-refractivity contribution in [1.82, 2.24) is 25.2 Å². The van der Waals surface area contributed by atoms with Crippen LogP contribution in [0, 0.1) is 6.92 Å². The predicted octanol–water partition coefficient (Wildman–Crippen LogP) is 1.84. The minimum Gasteiger partial charge on any atom is -0.357 e. The Bertz CT molecular complexity index is 560. The highest BCUT2D eigenvalue weighted by Crippen LogP contribution is 2.10. The summed E-state index contributed by atoms with van der Waals surface area (Å²) in [7, 11) is 0. The van der Waals surface area contributed by atoms with Crippen molar-refractivity contribution in [2.24, 2.45) is 4.99 Å². The molecule has 0 bridgehead atoms. The first kappa shape index (κ1) is 16.5. The lowest BCUT2D eigenvalue weighted by molar-refractivity contribution is 0.647. The van der Waals surface area contributed by atoms with Crippen LogP contribution < -0.4 is 10.6 Å². The first-order valence-corrected chi connectivity index (χ1v) is 8.49. The van der Waals surface area contributed by atoms with Gasteiger partial charge in [0, 0.05) is 56.1 Å². The van der Waals surface area contributed by atoms with Crippen molar-refractivity contribution in [2.45, 2.75) is 33.2 Å². The molecular formula is C15H24N6S. The van der Waals surface area contributed by atoms with Gasteiger partial charge in [-0.1, -0.05) is 0 Å². The summed E-state index contributed by atoms with van der Waals surface area (Å²) in [5, 5.41) is 7.80. The second kappa shape index (κ2) is 9.19. The maximum atomic E-state index is 4.59. The molecule has 7 heteroatoms. The van der Waals surface area contributed by atoms with Gasteiger partial charge in [-0.15, -0.1) is 11.3 Å². The molecule has 0 spiro atoms. The van der Waals surface area contributed by atoms with Crippen molar-refractivity contribution in [1.29, 1.82) is 0 Å². The fraction of sp³-hybridized carbons (Fsp3) is 0.533. The normalized spacial score (nSPS) is 11.6. The molecule has 0 saturated heterocycles. The first-order chi connectivity index (χ1) is 10.8. The van der Waals surface area contributed by atoms with E-state index in [-0.39, 0.29) is 0 Å². The van der Waals surface area contributed by atoms with Crippen LogP contribution in [0.4, 0.5) is 0 Å². The Kier molecular flexibility index (Phi) is 6.89. The Hall–Kier alpha value is -1.89. The number of nitrogens with zero attached hydrogens (tertiary/aromatic N) is 4. The van der Waals surface area contributed by atoms with E-state index in [0.29, 0.717) is 0 Å². The highest BCUT2D eigenvalue weighted by molar-refractivity contribution is 7.11. The van der Waals surface area contributed by atoms with E-state index < -0.39 is 0 Å². The number of aryl methyl sites for hydroxylation is 2. The van der Waals surface area contributed by atoms with Crippen LogP contribution in [0.5, 0.6) is 0 Å². The van der Waals surface area contributed by atoms with E-state index >= 15 is 0 Å². The minimum atomic E-state index is 0.796. The first-order valence-electron chi connectivity index (χ1n) is 7.67. The molecule has 2 heterocycles. The van der Waals surface area contributed by atoms with Crippen LogP contribution in [0.2, 0.25) is 0 Å². The number of guanidine groups is 1. The molecule has 0 atom stereocenters. The quantitative estimate of drug-likeness (QED) is 0.442. The molecule has 0 fully saturated rings. The molecule has 0 unspecified atom stereocenters. The third kappa shape index (κ3) is 5.85. The third-order valence-corrected chi connectivity index (χ3v) is 4.02. The molecule has 0 amide bonds. The zero-order valence-electron chi connectivity index (χ0n) is 13.2. The van der Waals surface area contributed by atoms with Crippen LogP contribution in [0.3, 0.4) is 0 Å². The molecule has 6 nitrogen and oxygen atoms in total. The highest BCUT2D eigenvalue weighted by atomic mass is 32.1. The zero-order valence-corrected chi connectivity index (χ0v) is 14.1. The summed E-state index contributed by atoms with van der Waals surface area (Å²) in [6, 6.07) is 0. The van der Waals surface area contributed by atoms with Gasteiger partial charge in [-0.2, -0.15) is 0 Å². The molecule has 22 heavy (non-hydrogen) atoms. The fourth-order valence-corrected chi connectivity index (χ4v) is 2.80. The number of nitrogens with one attached hydrogen (secondary N) is 2. The summed E-state index contributed by atoms with van der Waals surface area (Å²) in [5.74, 6) is 0.876. The second-order valence-corrected chi connectivity index (χ2v) is 6.28. The number of aromatic nitrogens is 3. The van der Waals surface area contributed by atoms with E-state index in [1.54, 1.807) is 17.5 Å². The van der Waals surface area contributed by atoms with Crippen LogP contribution in [-0.2, 0) is 13.0 Å². The lowest BCUT2D eigenvalue weighted by Gasteiger charge is -2.10. The van der Waals surface area contributed by atoms with Gasteiger partial charge in [0.25, 0.3) is 0 Å². The van der Waals surface area contributed by atoms with Crippen molar-refractivity contribution in [2.75, 3.05) is 19.6 Å². The van der Waals surface area contributed by atoms with Crippen molar-refractivity contribution in [3.8, 4) is 0 Å². The number of hydrogen-bond acceptors (Lipinski definition) is 4. The van der Waals surface area contributed by atoms with E-state index in [2.05, 4.69) is 44.0 Å². The van der Waals surface area contributed by atoms with Crippen molar-refractivity contribution < 1.29 is 0 Å². The lowest BCUT2D eigenvalue weighted by atomic mass is 10.4. The monoisotopic (exact) mass is 320 g/mol. The molecule has 2 N–H and O–H groups in total. The van der Waals surface area contributed by atoms with Crippen LogP contribution in [0.25, 0.3) is 0 Å². The summed E-state index contributed by atoms with van der Waals surface area (Å²) in [5.41, 5.74) is 0. The molecular weight excluding hydrogens is 296 g/mol. The van der Waals surface area contributed by atoms with Crippen LogP contribution in [-0.4, -0.2) is 40.1 Å². The van der Waals surface area contributed by atoms with Crippen molar-refractivity contribution in [3.63, 3.8) is 0 Å². The fourth-order valence-electron chi connectivity index (χ4n) is 2.01. The van der Waals surface area contributed by atoms with Crippen molar-refractivity contribution in [3.05, 3.63) is 34.8 Å². The van der Waals surface area contributed by atoms with Gasteiger partial charge in [-0.05, 0) is 20.3 Å². The number of hydrogen-bond donors (Lipinski definition) is 2. The molecule has 0 radical (unpaired) electrons. The van der Waals surface area contributed by atoms with Gasteiger partial charge in [0.1, 0.15) is 0 Å². The number of aliphatic imine (C=N–C) groups is 1. The van der Waals surface area contributed by atoms with E-state index in [9.17, 15) is 0 Å². The SMILES string of the molecule is CCNC(=NCCCn1ccnc1)NCCc1ncc(C)s1. The third-order valence-electron chi connectivity index (χ3n) is 3.05. The summed E-state index contributed by atoms with van der Waals surface area (Å²) in [6.45, 7) is 7.61. The van der Waals surface area contributed by atoms with Gasteiger partial charge in [0.15, 0.2) is 5.96 Å². The smallest absolute Gasteiger partial charge is 0.191 e. The Morgan fingerprint density at radius 3 is 3.00 bits per heavy atom. The van der Waals surface area contributed by atoms with Gasteiger partial charge in [0.05, 0.1) is 11.3 Å². The summed E-state index contributed by atoms with van der Waals surface area (Å²) in [4.78, 5) is 14.3. The van der Waals surface area contributed by atoms with E-state index in [0.717, 1.165) is 45.0 Å². The molecule has 2 aromatic rings. The number of imidazole rings is 1. The molecule has 0 aromatic carbocycles. The maximum absolute atomic E-state index is 4.59. The van der Waals surface area contributed by atoms with E-state index in [1.165, 1.54) is 9.88 Å². The number of thiazole rings is 1. The molecule has 0 saturated carbocycles. The molecule has 2 aromatic heterocycles. The molecule has 2 rings (SSSR count). The Balaban J connectivity index is 1.69. The van der Waals surface area contributed by atoms with E-state index in [1.807, 2.05) is 18.7 Å². The Morgan fingerprint density at radius 2 is 2.32 bits per heavy atom. The molecule has 0 aliphatic heterocycles. The van der Waals surface area contributed by atoms with Gasteiger partial charge >= 0.3 is 0 Å². The summed E-state index contributed by atoms with van der Waals surface area (Å²) in [6.07, 6.45) is 9.47. The average molecular weight is 320 g/mol. The number of rotatable bonds is 8. The Morgan fingerprint density at radius 1 is 1.41 bits per heavy atom. The molecule has 120 valence electrons. The predicted molar refractivity (Wildman–Crippen MR) is 91.4 cm³/mol. The van der Waals surface area contributed by atoms with Crippen molar-refractivity contribution >= 4 is 17.3 Å². The van der Waals surface area contributed by atoms with Crippen LogP contribution >= 0.6 is 11.3 Å². The summed E-state index contributed by atoms with van der Waals surface area (Å²) < 4.78 is 2.07. The standard InChI is InChI=1S/C15H24N6S/c1-3-17-15(18-6-4-9-21-10-8-16-12-21)19-7-5-14-20-11-13(2)22-14/h8,10-12H,3-7,9H2,1-2H3,(H2,17,18,19). The average Bonchev–Trinajstić information content (AvgIpc) is 3.15. The van der Waals surface area contributed by atoms with Gasteiger partial charge in [-0.3, -0.25) is 4.99 Å². The maximum Gasteiger partial charge on any atom is 0.191 e. The van der Waals surface area contributed by atoms with Crippen LogP contribution in [0.15, 0.2) is 29.9 Å². The van der Waals surface area contributed by atoms with Gasteiger partial charge in [-0.25, -0.2) is 9.97 Å². The Labute approximate surface area is 135 Å². The molecule has 0 aliphatic rings. The van der Waals surface area contributed by atoms with Gasteiger partial charge < -0.3 is 15.2 Å². The molecule has 0 aliphatic carbocycles. The second-order valence-electron chi connectivity index (χ2n) is 4.96. The van der Waals surface area contributed by atoms with Gasteiger partial charge in [0.2, 0.25) is 0 Å². The highest BCUT2D eigenvalue weighted by Gasteiger charge is 2.00.